The minimum atomic E-state index is -2.91. The summed E-state index contributed by atoms with van der Waals surface area (Å²) < 4.78 is 33.6. The highest BCUT2D eigenvalue weighted by molar-refractivity contribution is 5.69. The lowest BCUT2D eigenvalue weighted by Crippen LogP contribution is -2.64. The van der Waals surface area contributed by atoms with E-state index in [1.165, 1.54) is 4.90 Å². The molecule has 1 amide bonds. The van der Waals surface area contributed by atoms with Gasteiger partial charge >= 0.3 is 6.09 Å². The molecule has 0 saturated carbocycles. The number of ether oxygens (including phenoxy) is 1. The second-order valence-corrected chi connectivity index (χ2v) is 7.25. The second kappa shape index (κ2) is 5.47. The fourth-order valence-electron chi connectivity index (χ4n) is 2.27. The van der Waals surface area contributed by atoms with Gasteiger partial charge in [-0.1, -0.05) is 0 Å². The summed E-state index contributed by atoms with van der Waals surface area (Å²) in [5, 5.41) is 2.93. The Kier molecular flexibility index (Phi) is 4.69. The van der Waals surface area contributed by atoms with Crippen molar-refractivity contribution in [1.29, 1.82) is 0 Å². The van der Waals surface area contributed by atoms with Crippen LogP contribution in [-0.2, 0) is 4.74 Å². The summed E-state index contributed by atoms with van der Waals surface area (Å²) in [6.45, 7) is 10.7. The largest absolute Gasteiger partial charge is 0.444 e. The zero-order valence-electron chi connectivity index (χ0n) is 13.2. The molecular formula is C14H26F2N2O2. The number of amides is 1. The summed E-state index contributed by atoms with van der Waals surface area (Å²) in [4.78, 5) is 13.5. The van der Waals surface area contributed by atoms with Crippen molar-refractivity contribution in [2.24, 2.45) is 0 Å². The molecule has 0 aromatic rings. The highest BCUT2D eigenvalue weighted by Gasteiger charge is 2.50. The first-order valence-corrected chi connectivity index (χ1v) is 6.95. The van der Waals surface area contributed by atoms with Crippen LogP contribution in [0, 0.1) is 0 Å². The Morgan fingerprint density at radius 2 is 1.80 bits per heavy atom. The van der Waals surface area contributed by atoms with Crippen molar-refractivity contribution in [3.8, 4) is 0 Å². The highest BCUT2D eigenvalue weighted by Crippen LogP contribution is 2.34. The molecule has 1 saturated heterocycles. The van der Waals surface area contributed by atoms with Gasteiger partial charge in [-0.15, -0.1) is 0 Å². The summed E-state index contributed by atoms with van der Waals surface area (Å²) in [6.07, 6.45) is -0.967. The summed E-state index contributed by atoms with van der Waals surface area (Å²) >= 11 is 0. The zero-order valence-corrected chi connectivity index (χ0v) is 13.2. The molecule has 20 heavy (non-hydrogen) atoms. The van der Waals surface area contributed by atoms with Crippen LogP contribution >= 0.6 is 0 Å². The van der Waals surface area contributed by atoms with Crippen molar-refractivity contribution >= 4 is 6.09 Å². The van der Waals surface area contributed by atoms with E-state index in [4.69, 9.17) is 4.74 Å². The van der Waals surface area contributed by atoms with Gasteiger partial charge in [0.1, 0.15) is 11.6 Å². The van der Waals surface area contributed by atoms with E-state index < -0.39 is 29.2 Å². The molecule has 0 aliphatic carbocycles. The molecule has 1 heterocycles. The number of hydrogen-bond donors (Lipinski definition) is 1. The van der Waals surface area contributed by atoms with Crippen LogP contribution in [0.25, 0.3) is 0 Å². The minimum absolute atomic E-state index is 0.0729. The molecule has 1 rings (SSSR count). The normalized spacial score (nSPS) is 23.3. The molecule has 1 aliphatic heterocycles. The van der Waals surface area contributed by atoms with Crippen LogP contribution in [0.2, 0.25) is 0 Å². The number of alkyl halides is 2. The van der Waals surface area contributed by atoms with E-state index in [1.54, 1.807) is 41.5 Å². The number of piperidine rings is 1. The fraction of sp³-hybridized carbons (Fsp3) is 0.929. The average molecular weight is 292 g/mol. The maximum atomic E-state index is 14.2. The maximum absolute atomic E-state index is 14.2. The van der Waals surface area contributed by atoms with Crippen LogP contribution < -0.4 is 5.32 Å². The molecule has 0 radical (unpaired) electrons. The summed E-state index contributed by atoms with van der Waals surface area (Å²) in [5.41, 5.74) is -1.45. The number of nitrogens with one attached hydrogen (secondary N) is 1. The first-order chi connectivity index (χ1) is 8.84. The Hall–Kier alpha value is -0.910. The van der Waals surface area contributed by atoms with Gasteiger partial charge in [0.15, 0.2) is 0 Å². The molecule has 1 unspecified atom stereocenters. The molecule has 1 fully saturated rings. The summed E-state index contributed by atoms with van der Waals surface area (Å²) in [7, 11) is 0. The highest BCUT2D eigenvalue weighted by atomic mass is 19.3. The van der Waals surface area contributed by atoms with Gasteiger partial charge in [0.2, 0.25) is 0 Å². The van der Waals surface area contributed by atoms with Crippen molar-refractivity contribution in [2.75, 3.05) is 13.1 Å². The lowest BCUT2D eigenvalue weighted by atomic mass is 9.95. The van der Waals surface area contributed by atoms with Gasteiger partial charge in [-0.2, -0.15) is 0 Å². The molecule has 0 aromatic heterocycles. The van der Waals surface area contributed by atoms with Gasteiger partial charge in [-0.25, -0.2) is 13.6 Å². The van der Waals surface area contributed by atoms with Gasteiger partial charge in [0.05, 0.1) is 0 Å². The standard InChI is InChI=1S/C14H26F2N2O2/c1-12(2,3)18(11(19)20-13(4,5)6)10-9-17-8-7-14(10,15)16/h10,17H,7-9H2,1-6H3. The minimum Gasteiger partial charge on any atom is -0.444 e. The first-order valence-electron chi connectivity index (χ1n) is 6.95. The average Bonchev–Trinajstić information content (AvgIpc) is 2.15. The Morgan fingerprint density at radius 3 is 2.20 bits per heavy atom. The quantitative estimate of drug-likeness (QED) is 0.807. The van der Waals surface area contributed by atoms with E-state index >= 15 is 0 Å². The fourth-order valence-corrected chi connectivity index (χ4v) is 2.27. The van der Waals surface area contributed by atoms with Crippen molar-refractivity contribution < 1.29 is 18.3 Å². The van der Waals surface area contributed by atoms with Crippen LogP contribution in [0.1, 0.15) is 48.0 Å². The summed E-state index contributed by atoms with van der Waals surface area (Å²) in [6, 6.07) is -1.19. The van der Waals surface area contributed by atoms with E-state index in [-0.39, 0.29) is 19.5 Å². The zero-order chi connectivity index (χ0) is 15.8. The molecule has 1 atom stereocenters. The Balaban J connectivity index is 3.04. The lowest BCUT2D eigenvalue weighted by Gasteiger charge is -2.46. The smallest absolute Gasteiger partial charge is 0.411 e. The van der Waals surface area contributed by atoms with E-state index in [0.717, 1.165) is 0 Å². The topological polar surface area (TPSA) is 41.6 Å². The molecule has 6 heteroatoms. The summed E-state index contributed by atoms with van der Waals surface area (Å²) in [5.74, 6) is -2.91. The molecule has 0 bridgehead atoms. The predicted octanol–water partition coefficient (Wildman–Crippen LogP) is 3.02. The third-order valence-electron chi connectivity index (χ3n) is 3.08. The van der Waals surface area contributed by atoms with Crippen LogP contribution in [0.3, 0.4) is 0 Å². The van der Waals surface area contributed by atoms with Crippen molar-refractivity contribution in [3.63, 3.8) is 0 Å². The van der Waals surface area contributed by atoms with Crippen LogP contribution in [0.5, 0.6) is 0 Å². The van der Waals surface area contributed by atoms with Crippen molar-refractivity contribution in [2.45, 2.75) is 71.1 Å². The van der Waals surface area contributed by atoms with Crippen molar-refractivity contribution in [1.82, 2.24) is 10.2 Å². The molecule has 1 aliphatic rings. The third kappa shape index (κ3) is 4.30. The molecule has 1 N–H and O–H groups in total. The molecule has 118 valence electrons. The lowest BCUT2D eigenvalue weighted by molar-refractivity contribution is -0.118. The molecule has 0 spiro atoms. The van der Waals surface area contributed by atoms with E-state index in [0.29, 0.717) is 0 Å². The predicted molar refractivity (Wildman–Crippen MR) is 74.0 cm³/mol. The number of nitrogens with zero attached hydrogens (tertiary/aromatic N) is 1. The number of carbonyl (C=O) groups is 1. The third-order valence-corrected chi connectivity index (χ3v) is 3.08. The monoisotopic (exact) mass is 292 g/mol. The molecular weight excluding hydrogens is 266 g/mol. The van der Waals surface area contributed by atoms with E-state index in [9.17, 15) is 13.6 Å². The SMILES string of the molecule is CC(C)(C)OC(=O)N(C1CNCCC1(F)F)C(C)(C)C. The van der Waals surface area contributed by atoms with Crippen LogP contribution in [0.4, 0.5) is 13.6 Å². The van der Waals surface area contributed by atoms with Gasteiger partial charge in [0.25, 0.3) is 5.92 Å². The maximum Gasteiger partial charge on any atom is 0.411 e. The van der Waals surface area contributed by atoms with Gasteiger partial charge in [-0.05, 0) is 41.5 Å². The number of halogens is 2. The second-order valence-electron chi connectivity index (χ2n) is 7.25. The van der Waals surface area contributed by atoms with E-state index in [1.807, 2.05) is 0 Å². The molecule has 4 nitrogen and oxygen atoms in total. The Morgan fingerprint density at radius 1 is 1.25 bits per heavy atom. The van der Waals surface area contributed by atoms with Crippen LogP contribution in [0.15, 0.2) is 0 Å². The first kappa shape index (κ1) is 17.1. The molecule has 0 aromatic carbocycles. The van der Waals surface area contributed by atoms with Gasteiger partial charge in [0, 0.05) is 25.0 Å². The van der Waals surface area contributed by atoms with Gasteiger partial charge in [-0.3, -0.25) is 4.90 Å². The van der Waals surface area contributed by atoms with E-state index in [2.05, 4.69) is 5.32 Å². The van der Waals surface area contributed by atoms with Crippen molar-refractivity contribution in [3.05, 3.63) is 0 Å². The Bertz CT molecular complexity index is 359. The Labute approximate surface area is 119 Å². The number of rotatable bonds is 1. The number of carbonyl (C=O) groups excluding carboxylic acids is 1. The van der Waals surface area contributed by atoms with Gasteiger partial charge < -0.3 is 10.1 Å². The number of hydrogen-bond acceptors (Lipinski definition) is 3. The van der Waals surface area contributed by atoms with Crippen LogP contribution in [-0.4, -0.2) is 47.2 Å².